The quantitative estimate of drug-likeness (QED) is 0.429. The maximum atomic E-state index is 12.5. The number of pyridine rings is 2. The Morgan fingerprint density at radius 2 is 1.97 bits per heavy atom. The van der Waals surface area contributed by atoms with Gasteiger partial charge in [-0.1, -0.05) is 18.2 Å². The fourth-order valence-corrected chi connectivity index (χ4v) is 5.67. The van der Waals surface area contributed by atoms with E-state index in [9.17, 15) is 4.79 Å². The zero-order valence-corrected chi connectivity index (χ0v) is 21.1. The average Bonchev–Trinajstić information content (AvgIpc) is 3.41. The number of hydrogen-bond donors (Lipinski definition) is 2. The van der Waals surface area contributed by atoms with Crippen molar-refractivity contribution in [2.75, 3.05) is 32.7 Å². The third-order valence-electron chi connectivity index (χ3n) is 7.63. The number of aryl methyl sites for hydroxylation is 1. The van der Waals surface area contributed by atoms with Gasteiger partial charge in [0.05, 0.1) is 41.4 Å². The van der Waals surface area contributed by atoms with Crippen molar-refractivity contribution in [1.29, 1.82) is 0 Å². The van der Waals surface area contributed by atoms with E-state index in [-0.39, 0.29) is 11.2 Å². The molecule has 0 aliphatic carbocycles. The molecule has 0 saturated carbocycles. The molecular formula is C27H29N7O3. The van der Waals surface area contributed by atoms with E-state index in [1.807, 2.05) is 35.9 Å². The Kier molecular flexibility index (Phi) is 5.58. The van der Waals surface area contributed by atoms with Crippen LogP contribution in [-0.2, 0) is 23.9 Å². The summed E-state index contributed by atoms with van der Waals surface area (Å²) in [7, 11) is 5.64. The van der Waals surface area contributed by atoms with Gasteiger partial charge >= 0.3 is 0 Å². The van der Waals surface area contributed by atoms with Crippen molar-refractivity contribution in [2.24, 2.45) is 12.8 Å². The molecule has 1 aromatic carbocycles. The number of imidazole rings is 1. The summed E-state index contributed by atoms with van der Waals surface area (Å²) in [4.78, 5) is 29.0. The van der Waals surface area contributed by atoms with Crippen LogP contribution in [0, 0.1) is 0 Å². The normalized spacial score (nSPS) is 16.7. The van der Waals surface area contributed by atoms with Crippen LogP contribution in [0.5, 0.6) is 5.75 Å². The van der Waals surface area contributed by atoms with Crippen LogP contribution in [0.15, 0.2) is 42.7 Å². The van der Waals surface area contributed by atoms with Crippen molar-refractivity contribution in [3.05, 3.63) is 59.7 Å². The first-order chi connectivity index (χ1) is 17.9. The number of aromatic nitrogens is 4. The molecule has 4 aromatic rings. The number of methoxy groups -OCH3 is 1. The van der Waals surface area contributed by atoms with Crippen molar-refractivity contribution < 1.29 is 14.3 Å². The highest BCUT2D eigenvalue weighted by Gasteiger charge is 2.45. The van der Waals surface area contributed by atoms with Gasteiger partial charge in [-0.15, -0.1) is 0 Å². The van der Waals surface area contributed by atoms with Gasteiger partial charge in [-0.05, 0) is 37.6 Å². The maximum absolute atomic E-state index is 12.5. The number of nitrogens with two attached hydrogens (primary N) is 1. The highest BCUT2D eigenvalue weighted by atomic mass is 16.5. The number of carbonyl (C=O) groups excluding carboxylic acids is 1. The van der Waals surface area contributed by atoms with Gasteiger partial charge in [0.15, 0.2) is 5.69 Å². The maximum Gasteiger partial charge on any atom is 0.269 e. The standard InChI is InChI=1S/C27H29N7O3/c1-33-15-29-23-16(5-4-6-20(23)33)24-21(36-3)13-18(25(32-24)26(28)35)30-22-8-7-17-19(31-22)14-34(2)27(17)9-11-37-12-10-27/h4-8,13,15H,9-12,14H2,1-3H3,(H2,28,35)(H,30,31). The Balaban J connectivity index is 1.40. The fraction of sp³-hybridized carbons (Fsp3) is 0.333. The molecule has 0 unspecified atom stereocenters. The summed E-state index contributed by atoms with van der Waals surface area (Å²) in [6, 6.07) is 11.6. The van der Waals surface area contributed by atoms with E-state index in [1.165, 1.54) is 5.56 Å². The molecular weight excluding hydrogens is 470 g/mol. The van der Waals surface area contributed by atoms with Crippen LogP contribution in [0.25, 0.3) is 22.3 Å². The van der Waals surface area contributed by atoms with Crippen LogP contribution in [0.2, 0.25) is 0 Å². The molecule has 0 radical (unpaired) electrons. The van der Waals surface area contributed by atoms with E-state index >= 15 is 0 Å². The number of carbonyl (C=O) groups is 1. The lowest BCUT2D eigenvalue weighted by molar-refractivity contribution is -0.0132. The van der Waals surface area contributed by atoms with E-state index in [4.69, 9.17) is 20.2 Å². The zero-order chi connectivity index (χ0) is 25.7. The van der Waals surface area contributed by atoms with Gasteiger partial charge in [-0.3, -0.25) is 9.69 Å². The highest BCUT2D eigenvalue weighted by molar-refractivity contribution is 6.00. The Bertz CT molecular complexity index is 1520. The van der Waals surface area contributed by atoms with Gasteiger partial charge < -0.3 is 25.1 Å². The van der Waals surface area contributed by atoms with Crippen LogP contribution in [-0.4, -0.2) is 57.7 Å². The van der Waals surface area contributed by atoms with Crippen LogP contribution < -0.4 is 15.8 Å². The molecule has 1 amide bonds. The molecule has 5 heterocycles. The zero-order valence-electron chi connectivity index (χ0n) is 21.1. The number of ether oxygens (including phenoxy) is 2. The molecule has 3 aromatic heterocycles. The molecule has 1 spiro atoms. The van der Waals surface area contributed by atoms with E-state index in [1.54, 1.807) is 19.5 Å². The van der Waals surface area contributed by atoms with Crippen molar-refractivity contribution in [2.45, 2.75) is 24.9 Å². The van der Waals surface area contributed by atoms with Gasteiger partial charge in [0.25, 0.3) is 5.91 Å². The predicted molar refractivity (Wildman–Crippen MR) is 140 cm³/mol. The number of amides is 1. The van der Waals surface area contributed by atoms with Crippen LogP contribution in [0.4, 0.5) is 11.5 Å². The molecule has 1 fully saturated rings. The van der Waals surface area contributed by atoms with Crippen molar-refractivity contribution in [1.82, 2.24) is 24.4 Å². The lowest BCUT2D eigenvalue weighted by Gasteiger charge is -2.40. The summed E-state index contributed by atoms with van der Waals surface area (Å²) < 4.78 is 13.3. The first kappa shape index (κ1) is 23.4. The van der Waals surface area contributed by atoms with E-state index in [0.29, 0.717) is 22.9 Å². The first-order valence-electron chi connectivity index (χ1n) is 12.3. The number of nitrogens with zero attached hydrogens (tertiary/aromatic N) is 5. The molecule has 2 aliphatic rings. The van der Waals surface area contributed by atoms with Crippen molar-refractivity contribution in [3.8, 4) is 17.0 Å². The summed E-state index contributed by atoms with van der Waals surface area (Å²) in [5.74, 6) is 0.455. The molecule has 3 N–H and O–H groups in total. The van der Waals surface area contributed by atoms with E-state index in [0.717, 1.165) is 54.9 Å². The topological polar surface area (TPSA) is 120 Å². The SMILES string of the molecule is COc1cc(Nc2ccc3c(n2)CN(C)C32CCOCC2)c(C(N)=O)nc1-c1cccc2c1ncn2C. The molecule has 190 valence electrons. The Hall–Kier alpha value is -4.02. The number of benzene rings is 1. The second-order valence-corrected chi connectivity index (χ2v) is 9.64. The number of rotatable bonds is 5. The van der Waals surface area contributed by atoms with Crippen LogP contribution in [0.3, 0.4) is 0 Å². The van der Waals surface area contributed by atoms with Gasteiger partial charge in [0.2, 0.25) is 0 Å². The average molecular weight is 500 g/mol. The number of nitrogens with one attached hydrogen (secondary N) is 1. The van der Waals surface area contributed by atoms with Crippen molar-refractivity contribution in [3.63, 3.8) is 0 Å². The van der Waals surface area contributed by atoms with Crippen molar-refractivity contribution >= 4 is 28.4 Å². The third-order valence-corrected chi connectivity index (χ3v) is 7.63. The van der Waals surface area contributed by atoms with Crippen LogP contribution >= 0.6 is 0 Å². The van der Waals surface area contributed by atoms with Gasteiger partial charge in [0, 0.05) is 38.4 Å². The third kappa shape index (κ3) is 3.71. The predicted octanol–water partition coefficient (Wildman–Crippen LogP) is 3.33. The second kappa shape index (κ2) is 8.82. The summed E-state index contributed by atoms with van der Waals surface area (Å²) >= 11 is 0. The summed E-state index contributed by atoms with van der Waals surface area (Å²) in [6.45, 7) is 2.24. The minimum atomic E-state index is -0.651. The fourth-order valence-electron chi connectivity index (χ4n) is 5.67. The largest absolute Gasteiger partial charge is 0.494 e. The lowest BCUT2D eigenvalue weighted by atomic mass is 9.84. The Morgan fingerprint density at radius 1 is 1.16 bits per heavy atom. The molecule has 0 bridgehead atoms. The number of para-hydroxylation sites is 1. The lowest BCUT2D eigenvalue weighted by Crippen LogP contribution is -2.43. The molecule has 1 saturated heterocycles. The Morgan fingerprint density at radius 3 is 2.73 bits per heavy atom. The summed E-state index contributed by atoms with van der Waals surface area (Å²) in [5, 5.41) is 3.27. The van der Waals surface area contributed by atoms with Gasteiger partial charge in [-0.2, -0.15) is 0 Å². The molecule has 6 rings (SSSR count). The highest BCUT2D eigenvalue weighted by Crippen LogP contribution is 2.45. The first-order valence-corrected chi connectivity index (χ1v) is 12.3. The minimum Gasteiger partial charge on any atom is -0.494 e. The van der Waals surface area contributed by atoms with Crippen LogP contribution in [0.1, 0.15) is 34.6 Å². The molecule has 10 heteroatoms. The monoisotopic (exact) mass is 499 g/mol. The van der Waals surface area contributed by atoms with E-state index in [2.05, 4.69) is 33.3 Å². The number of fused-ring (bicyclic) bond motifs is 3. The molecule has 0 atom stereocenters. The van der Waals surface area contributed by atoms with Gasteiger partial charge in [-0.25, -0.2) is 15.0 Å². The number of primary amides is 1. The smallest absolute Gasteiger partial charge is 0.269 e. The summed E-state index contributed by atoms with van der Waals surface area (Å²) in [6.07, 6.45) is 3.64. The summed E-state index contributed by atoms with van der Waals surface area (Å²) in [5.41, 5.74) is 11.5. The van der Waals surface area contributed by atoms with E-state index < -0.39 is 5.91 Å². The van der Waals surface area contributed by atoms with Gasteiger partial charge in [0.1, 0.15) is 17.3 Å². The molecule has 2 aliphatic heterocycles. The molecule has 10 nitrogen and oxygen atoms in total. The Labute approximate surface area is 214 Å². The minimum absolute atomic E-state index is 0.0313. The number of anilines is 2. The second-order valence-electron chi connectivity index (χ2n) is 9.64. The number of hydrogen-bond acceptors (Lipinski definition) is 8. The molecule has 37 heavy (non-hydrogen) atoms.